The number of ether oxygens (including phenoxy) is 2. The van der Waals surface area contributed by atoms with E-state index in [9.17, 15) is 9.59 Å². The topological polar surface area (TPSA) is 85.7 Å². The molecule has 0 spiro atoms. The molecule has 1 fully saturated rings. The van der Waals surface area contributed by atoms with Gasteiger partial charge >= 0.3 is 0 Å². The van der Waals surface area contributed by atoms with E-state index in [0.717, 1.165) is 12.0 Å². The second-order valence-electron chi connectivity index (χ2n) is 6.84. The number of nitrogens with one attached hydrogen (secondary N) is 1. The Morgan fingerprint density at radius 2 is 2.15 bits per heavy atom. The van der Waals surface area contributed by atoms with Crippen LogP contribution >= 0.6 is 0 Å². The van der Waals surface area contributed by atoms with Crippen LogP contribution in [0.2, 0.25) is 0 Å². The highest BCUT2D eigenvalue weighted by atomic mass is 16.7. The summed E-state index contributed by atoms with van der Waals surface area (Å²) in [5.74, 6) is 1.21. The number of nitrogens with zero attached hydrogens (tertiary/aromatic N) is 3. The lowest BCUT2D eigenvalue weighted by Crippen LogP contribution is -2.59. The Balaban J connectivity index is 1.53. The molecule has 1 aromatic heterocycles. The number of likely N-dealkylation sites (N-methyl/N-ethyl adjacent to an activating group) is 1. The fourth-order valence-electron chi connectivity index (χ4n) is 3.82. The minimum Gasteiger partial charge on any atom is -0.454 e. The van der Waals surface area contributed by atoms with Gasteiger partial charge in [-0.15, -0.1) is 0 Å². The zero-order valence-electron chi connectivity index (χ0n) is 15.2. The number of carbonyl (C=O) groups is 2. The Labute approximate surface area is 157 Å². The molecule has 27 heavy (non-hydrogen) atoms. The quantitative estimate of drug-likeness (QED) is 0.865. The second kappa shape index (κ2) is 6.94. The maximum absolute atomic E-state index is 12.9. The lowest BCUT2D eigenvalue weighted by molar-refractivity contribution is -0.140. The largest absolute Gasteiger partial charge is 0.454 e. The van der Waals surface area contributed by atoms with Gasteiger partial charge in [-0.25, -0.2) is 0 Å². The molecule has 4 rings (SSSR count). The minimum absolute atomic E-state index is 0.0194. The molecule has 1 N–H and O–H groups in total. The Bertz CT molecular complexity index is 851. The highest BCUT2D eigenvalue weighted by Gasteiger charge is 2.45. The van der Waals surface area contributed by atoms with E-state index < -0.39 is 5.54 Å². The highest BCUT2D eigenvalue weighted by Crippen LogP contribution is 2.33. The number of fused-ring (bicyclic) bond motifs is 1. The summed E-state index contributed by atoms with van der Waals surface area (Å²) in [6.45, 7) is 1.14. The van der Waals surface area contributed by atoms with Crippen LogP contribution in [-0.4, -0.2) is 53.4 Å². The number of piperidine rings is 1. The molecule has 142 valence electrons. The van der Waals surface area contributed by atoms with Gasteiger partial charge in [-0.3, -0.25) is 14.3 Å². The number of carbonyl (C=O) groups excluding carboxylic acids is 2. The third-order valence-electron chi connectivity index (χ3n) is 5.21. The molecule has 8 heteroatoms. The number of hydrogen-bond donors (Lipinski definition) is 1. The fraction of sp³-hybridized carbons (Fsp3) is 0.421. The molecule has 8 nitrogen and oxygen atoms in total. The van der Waals surface area contributed by atoms with Crippen molar-refractivity contribution >= 4 is 11.8 Å². The standard InChI is InChI=1S/C19H22N4O4/c1-20-18(25)19(23-9-3-7-21-23)6-2-8-22(12-19)17(24)11-14-4-5-15-16(10-14)27-13-26-15/h3-5,7,9-10H,2,6,8,11-13H2,1H3,(H,20,25). The molecule has 2 aliphatic heterocycles. The maximum Gasteiger partial charge on any atom is 0.249 e. The lowest BCUT2D eigenvalue weighted by atomic mass is 9.87. The molecule has 1 saturated heterocycles. The zero-order chi connectivity index (χ0) is 18.9. The van der Waals surface area contributed by atoms with Crippen molar-refractivity contribution in [2.24, 2.45) is 0 Å². The van der Waals surface area contributed by atoms with Gasteiger partial charge in [-0.1, -0.05) is 6.07 Å². The Morgan fingerprint density at radius 3 is 2.93 bits per heavy atom. The van der Waals surface area contributed by atoms with Crippen LogP contribution in [0, 0.1) is 0 Å². The van der Waals surface area contributed by atoms with Gasteiger partial charge in [0.25, 0.3) is 0 Å². The van der Waals surface area contributed by atoms with Crippen molar-refractivity contribution in [3.8, 4) is 11.5 Å². The SMILES string of the molecule is CNC(=O)C1(n2cccn2)CCCN(C(=O)Cc2ccc3c(c2)OCO3)C1. The molecule has 0 bridgehead atoms. The smallest absolute Gasteiger partial charge is 0.249 e. The van der Waals surface area contributed by atoms with Gasteiger partial charge in [0.05, 0.1) is 13.0 Å². The number of rotatable bonds is 4. The van der Waals surface area contributed by atoms with Gasteiger partial charge in [-0.05, 0) is 36.6 Å². The number of aromatic nitrogens is 2. The second-order valence-corrected chi connectivity index (χ2v) is 6.84. The van der Waals surface area contributed by atoms with Gasteiger partial charge in [0.1, 0.15) is 0 Å². The van der Waals surface area contributed by atoms with Crippen molar-refractivity contribution in [1.82, 2.24) is 20.0 Å². The first-order valence-electron chi connectivity index (χ1n) is 9.01. The van der Waals surface area contributed by atoms with Gasteiger partial charge in [-0.2, -0.15) is 5.10 Å². The molecule has 1 atom stereocenters. The highest BCUT2D eigenvalue weighted by molar-refractivity contribution is 5.86. The van der Waals surface area contributed by atoms with Crippen LogP contribution in [0.25, 0.3) is 0 Å². The molecule has 0 saturated carbocycles. The summed E-state index contributed by atoms with van der Waals surface area (Å²) in [5.41, 5.74) is -0.0134. The summed E-state index contributed by atoms with van der Waals surface area (Å²) < 4.78 is 12.4. The molecule has 0 radical (unpaired) electrons. The van der Waals surface area contributed by atoms with E-state index in [1.54, 1.807) is 35.1 Å². The first-order chi connectivity index (χ1) is 13.1. The van der Waals surface area contributed by atoms with Crippen molar-refractivity contribution < 1.29 is 19.1 Å². The van der Waals surface area contributed by atoms with Crippen molar-refractivity contribution in [2.45, 2.75) is 24.8 Å². The van der Waals surface area contributed by atoms with Crippen molar-refractivity contribution in [1.29, 1.82) is 0 Å². The average molecular weight is 370 g/mol. The third kappa shape index (κ3) is 3.11. The summed E-state index contributed by atoms with van der Waals surface area (Å²) in [4.78, 5) is 27.4. The summed E-state index contributed by atoms with van der Waals surface area (Å²) in [6.07, 6.45) is 5.06. The molecule has 2 aromatic rings. The first-order valence-corrected chi connectivity index (χ1v) is 9.01. The molecule has 1 aromatic carbocycles. The normalized spacial score (nSPS) is 21.1. The number of amides is 2. The van der Waals surface area contributed by atoms with E-state index in [1.165, 1.54) is 0 Å². The van der Waals surface area contributed by atoms with Crippen LogP contribution in [0.3, 0.4) is 0 Å². The van der Waals surface area contributed by atoms with E-state index in [4.69, 9.17) is 9.47 Å². The molecular weight excluding hydrogens is 348 g/mol. The minimum atomic E-state index is -0.874. The van der Waals surface area contributed by atoms with Gasteiger partial charge in [0.15, 0.2) is 17.0 Å². The van der Waals surface area contributed by atoms with E-state index in [0.29, 0.717) is 31.0 Å². The molecular formula is C19H22N4O4. The number of likely N-dealkylation sites (tertiary alicyclic amines) is 1. The van der Waals surface area contributed by atoms with Crippen molar-refractivity contribution in [3.63, 3.8) is 0 Å². The predicted octanol–water partition coefficient (Wildman–Crippen LogP) is 0.918. The van der Waals surface area contributed by atoms with E-state index >= 15 is 0 Å². The maximum atomic E-state index is 12.9. The number of benzene rings is 1. The number of hydrogen-bond acceptors (Lipinski definition) is 5. The first kappa shape index (κ1) is 17.4. The van der Waals surface area contributed by atoms with E-state index in [2.05, 4.69) is 10.4 Å². The molecule has 3 heterocycles. The Morgan fingerprint density at radius 1 is 1.30 bits per heavy atom. The Kier molecular flexibility index (Phi) is 4.47. The van der Waals surface area contributed by atoms with Crippen LogP contribution in [0.15, 0.2) is 36.7 Å². The summed E-state index contributed by atoms with van der Waals surface area (Å²) in [6, 6.07) is 7.32. The molecule has 0 aliphatic carbocycles. The van der Waals surface area contributed by atoms with Crippen LogP contribution in [-0.2, 0) is 21.5 Å². The lowest BCUT2D eigenvalue weighted by Gasteiger charge is -2.41. The van der Waals surface area contributed by atoms with Gasteiger partial charge in [0, 0.05) is 26.0 Å². The van der Waals surface area contributed by atoms with Crippen LogP contribution in [0.4, 0.5) is 0 Å². The summed E-state index contributed by atoms with van der Waals surface area (Å²) >= 11 is 0. The van der Waals surface area contributed by atoms with E-state index in [1.807, 2.05) is 18.2 Å². The summed E-state index contributed by atoms with van der Waals surface area (Å²) in [7, 11) is 1.61. The molecule has 2 amide bonds. The predicted molar refractivity (Wildman–Crippen MR) is 96.4 cm³/mol. The van der Waals surface area contributed by atoms with Crippen molar-refractivity contribution in [2.75, 3.05) is 26.9 Å². The van der Waals surface area contributed by atoms with Gasteiger partial charge < -0.3 is 19.7 Å². The van der Waals surface area contributed by atoms with Crippen LogP contribution in [0.1, 0.15) is 18.4 Å². The van der Waals surface area contributed by atoms with Crippen LogP contribution < -0.4 is 14.8 Å². The fourth-order valence-corrected chi connectivity index (χ4v) is 3.82. The third-order valence-corrected chi connectivity index (χ3v) is 5.21. The van der Waals surface area contributed by atoms with E-state index in [-0.39, 0.29) is 25.0 Å². The van der Waals surface area contributed by atoms with Crippen LogP contribution in [0.5, 0.6) is 11.5 Å². The van der Waals surface area contributed by atoms with Crippen molar-refractivity contribution in [3.05, 3.63) is 42.2 Å². The van der Waals surface area contributed by atoms with Gasteiger partial charge in [0.2, 0.25) is 18.6 Å². The summed E-state index contributed by atoms with van der Waals surface area (Å²) in [5, 5.41) is 7.02. The zero-order valence-corrected chi connectivity index (χ0v) is 15.2. The monoisotopic (exact) mass is 370 g/mol. The Hall–Kier alpha value is -3.03. The molecule has 2 aliphatic rings. The molecule has 1 unspecified atom stereocenters. The average Bonchev–Trinajstić information content (AvgIpc) is 3.39.